The van der Waals surface area contributed by atoms with Gasteiger partial charge in [0.2, 0.25) is 5.88 Å². The molecular formula is C15H19N3O. The number of nitrogens with one attached hydrogen (secondary N) is 1. The molecule has 0 amide bonds. The first kappa shape index (κ1) is 13.2. The zero-order chi connectivity index (χ0) is 13.7. The third-order valence-electron chi connectivity index (χ3n) is 2.95. The summed E-state index contributed by atoms with van der Waals surface area (Å²) in [6.07, 6.45) is 7.64. The third kappa shape index (κ3) is 3.16. The van der Waals surface area contributed by atoms with Gasteiger partial charge in [0.05, 0.1) is 13.7 Å². The average Bonchev–Trinajstić information content (AvgIpc) is 2.45. The Morgan fingerprint density at radius 1 is 1.47 bits per heavy atom. The van der Waals surface area contributed by atoms with E-state index in [1.54, 1.807) is 13.3 Å². The predicted octanol–water partition coefficient (Wildman–Crippen LogP) is 2.47. The van der Waals surface area contributed by atoms with Gasteiger partial charge in [-0.05, 0) is 36.8 Å². The molecule has 4 nitrogen and oxygen atoms in total. The lowest BCUT2D eigenvalue weighted by molar-refractivity contribution is 0.398. The van der Waals surface area contributed by atoms with E-state index in [-0.39, 0.29) is 0 Å². The molecule has 1 aromatic rings. The molecule has 0 saturated heterocycles. The van der Waals surface area contributed by atoms with E-state index in [2.05, 4.69) is 28.7 Å². The number of dihydropyridines is 1. The van der Waals surface area contributed by atoms with Gasteiger partial charge in [0.1, 0.15) is 5.69 Å². The van der Waals surface area contributed by atoms with Crippen LogP contribution in [0.25, 0.3) is 0 Å². The van der Waals surface area contributed by atoms with Crippen LogP contribution in [0.5, 0.6) is 5.88 Å². The van der Waals surface area contributed by atoms with Crippen LogP contribution >= 0.6 is 0 Å². The minimum absolute atomic E-state index is 0.648. The summed E-state index contributed by atoms with van der Waals surface area (Å²) in [6, 6.07) is 3.94. The Hall–Kier alpha value is -2.23. The van der Waals surface area contributed by atoms with Crippen molar-refractivity contribution in [1.82, 2.24) is 10.3 Å². The van der Waals surface area contributed by atoms with Crippen molar-refractivity contribution in [3.8, 4) is 5.88 Å². The van der Waals surface area contributed by atoms with Crippen LogP contribution in [0.3, 0.4) is 0 Å². The standard InChI is InChI=1S/C15H19N3O/c1-4-18(11-13-10-12(2)7-9-16-13)14-6-5-8-17-15(14)19-3/h5-10,16H,2,4,11H2,1,3H3. The first-order valence-electron chi connectivity index (χ1n) is 6.31. The van der Waals surface area contributed by atoms with Gasteiger partial charge in [-0.2, -0.15) is 0 Å². The largest absolute Gasteiger partial charge is 0.480 e. The van der Waals surface area contributed by atoms with Crippen LogP contribution in [-0.2, 0) is 0 Å². The highest BCUT2D eigenvalue weighted by Gasteiger charge is 2.13. The predicted molar refractivity (Wildman–Crippen MR) is 78.2 cm³/mol. The van der Waals surface area contributed by atoms with E-state index < -0.39 is 0 Å². The molecule has 100 valence electrons. The molecule has 1 aromatic heterocycles. The number of aromatic nitrogens is 1. The molecule has 0 aliphatic carbocycles. The summed E-state index contributed by atoms with van der Waals surface area (Å²) in [4.78, 5) is 6.44. The SMILES string of the molecule is C=C1C=CNC(CN(CC)c2cccnc2OC)=C1. The number of pyridine rings is 1. The highest BCUT2D eigenvalue weighted by atomic mass is 16.5. The number of likely N-dealkylation sites (N-methyl/N-ethyl adjacent to an activating group) is 1. The number of rotatable bonds is 5. The molecule has 1 aliphatic heterocycles. The number of hydrogen-bond donors (Lipinski definition) is 1. The maximum absolute atomic E-state index is 5.31. The molecule has 0 spiro atoms. The van der Waals surface area contributed by atoms with Crippen LogP contribution in [-0.4, -0.2) is 25.2 Å². The Labute approximate surface area is 114 Å². The monoisotopic (exact) mass is 257 g/mol. The first-order chi connectivity index (χ1) is 9.24. The van der Waals surface area contributed by atoms with Gasteiger partial charge in [0.25, 0.3) is 0 Å². The third-order valence-corrected chi connectivity index (χ3v) is 2.95. The first-order valence-corrected chi connectivity index (χ1v) is 6.31. The average molecular weight is 257 g/mol. The Balaban J connectivity index is 2.18. The van der Waals surface area contributed by atoms with E-state index in [1.807, 2.05) is 30.5 Å². The quantitative estimate of drug-likeness (QED) is 0.879. The normalized spacial score (nSPS) is 13.8. The number of hydrogen-bond acceptors (Lipinski definition) is 4. The molecule has 1 N–H and O–H groups in total. The number of ether oxygens (including phenoxy) is 1. The highest BCUT2D eigenvalue weighted by Crippen LogP contribution is 2.25. The molecule has 2 rings (SSSR count). The van der Waals surface area contributed by atoms with Crippen molar-refractivity contribution in [3.05, 3.63) is 54.5 Å². The fraction of sp³-hybridized carbons (Fsp3) is 0.267. The van der Waals surface area contributed by atoms with Gasteiger partial charge in [-0.3, -0.25) is 0 Å². The van der Waals surface area contributed by atoms with E-state index in [0.717, 1.165) is 30.0 Å². The van der Waals surface area contributed by atoms with Crippen LogP contribution in [0.2, 0.25) is 0 Å². The van der Waals surface area contributed by atoms with Crippen LogP contribution in [0.15, 0.2) is 54.5 Å². The summed E-state index contributed by atoms with van der Waals surface area (Å²) in [6.45, 7) is 7.69. The lowest BCUT2D eigenvalue weighted by Crippen LogP contribution is -2.30. The second-order valence-electron chi connectivity index (χ2n) is 4.27. The van der Waals surface area contributed by atoms with Crippen LogP contribution < -0.4 is 15.0 Å². The van der Waals surface area contributed by atoms with E-state index in [1.165, 1.54) is 0 Å². The van der Waals surface area contributed by atoms with Gasteiger partial charge >= 0.3 is 0 Å². The number of methoxy groups -OCH3 is 1. The Morgan fingerprint density at radius 3 is 3.00 bits per heavy atom. The zero-order valence-corrected chi connectivity index (χ0v) is 11.4. The molecule has 0 saturated carbocycles. The minimum atomic E-state index is 0.648. The van der Waals surface area contributed by atoms with E-state index >= 15 is 0 Å². The maximum Gasteiger partial charge on any atom is 0.237 e. The summed E-state index contributed by atoms with van der Waals surface area (Å²) in [7, 11) is 1.64. The van der Waals surface area contributed by atoms with E-state index in [4.69, 9.17) is 4.74 Å². The summed E-state index contributed by atoms with van der Waals surface area (Å²) < 4.78 is 5.31. The lowest BCUT2D eigenvalue weighted by atomic mass is 10.2. The van der Waals surface area contributed by atoms with Crippen molar-refractivity contribution < 1.29 is 4.74 Å². The smallest absolute Gasteiger partial charge is 0.237 e. The molecule has 1 aliphatic rings. The van der Waals surface area contributed by atoms with Crippen molar-refractivity contribution in [2.75, 3.05) is 25.1 Å². The molecule has 0 aromatic carbocycles. The Morgan fingerprint density at radius 2 is 2.32 bits per heavy atom. The molecule has 2 heterocycles. The van der Waals surface area contributed by atoms with Crippen LogP contribution in [0.4, 0.5) is 5.69 Å². The van der Waals surface area contributed by atoms with Gasteiger partial charge in [-0.15, -0.1) is 0 Å². The van der Waals surface area contributed by atoms with Gasteiger partial charge in [-0.1, -0.05) is 6.58 Å². The van der Waals surface area contributed by atoms with Crippen molar-refractivity contribution in [3.63, 3.8) is 0 Å². The summed E-state index contributed by atoms with van der Waals surface area (Å²) in [5.74, 6) is 0.648. The number of anilines is 1. The summed E-state index contributed by atoms with van der Waals surface area (Å²) in [5.41, 5.74) is 3.11. The van der Waals surface area contributed by atoms with Crippen LogP contribution in [0.1, 0.15) is 6.92 Å². The van der Waals surface area contributed by atoms with Gasteiger partial charge in [0, 0.05) is 24.6 Å². The Bertz CT molecular complexity index is 520. The van der Waals surface area contributed by atoms with Crippen molar-refractivity contribution in [2.24, 2.45) is 0 Å². The zero-order valence-electron chi connectivity index (χ0n) is 11.4. The van der Waals surface area contributed by atoms with Crippen LogP contribution in [0, 0.1) is 0 Å². The molecule has 0 unspecified atom stereocenters. The molecule has 4 heteroatoms. The molecule has 0 atom stereocenters. The topological polar surface area (TPSA) is 37.4 Å². The maximum atomic E-state index is 5.31. The molecule has 0 bridgehead atoms. The lowest BCUT2D eigenvalue weighted by Gasteiger charge is -2.26. The molecule has 19 heavy (non-hydrogen) atoms. The van der Waals surface area contributed by atoms with Crippen molar-refractivity contribution in [1.29, 1.82) is 0 Å². The number of allylic oxidation sites excluding steroid dienone is 3. The summed E-state index contributed by atoms with van der Waals surface area (Å²) >= 11 is 0. The molecule has 0 fully saturated rings. The molecule has 0 radical (unpaired) electrons. The van der Waals surface area contributed by atoms with Gasteiger partial charge in [-0.25, -0.2) is 4.98 Å². The minimum Gasteiger partial charge on any atom is -0.480 e. The van der Waals surface area contributed by atoms with Crippen molar-refractivity contribution >= 4 is 5.69 Å². The second-order valence-corrected chi connectivity index (χ2v) is 4.27. The van der Waals surface area contributed by atoms with Crippen molar-refractivity contribution in [2.45, 2.75) is 6.92 Å². The van der Waals surface area contributed by atoms with Gasteiger partial charge < -0.3 is 15.0 Å². The fourth-order valence-corrected chi connectivity index (χ4v) is 2.01. The second kappa shape index (κ2) is 6.09. The highest BCUT2D eigenvalue weighted by molar-refractivity contribution is 5.56. The van der Waals surface area contributed by atoms with Gasteiger partial charge in [0.15, 0.2) is 0 Å². The fourth-order valence-electron chi connectivity index (χ4n) is 2.01. The van der Waals surface area contributed by atoms with E-state index in [0.29, 0.717) is 5.88 Å². The number of nitrogens with zero attached hydrogens (tertiary/aromatic N) is 2. The van der Waals surface area contributed by atoms with E-state index in [9.17, 15) is 0 Å². The molecular weight excluding hydrogens is 238 g/mol. The Kier molecular flexibility index (Phi) is 4.23. The summed E-state index contributed by atoms with van der Waals surface area (Å²) in [5, 5.41) is 3.24.